The predicted molar refractivity (Wildman–Crippen MR) is 132 cm³/mol. The number of anilines is 1. The summed E-state index contributed by atoms with van der Waals surface area (Å²) in [6.45, 7) is 2.17. The van der Waals surface area contributed by atoms with Crippen molar-refractivity contribution in [3.8, 4) is 0 Å². The maximum absolute atomic E-state index is 13.1. The van der Waals surface area contributed by atoms with Gasteiger partial charge < -0.3 is 10.2 Å². The fraction of sp³-hybridized carbons (Fsp3) is 0.250. The van der Waals surface area contributed by atoms with E-state index in [1.807, 2.05) is 18.2 Å². The third-order valence-corrected chi connectivity index (χ3v) is 9.93. The number of aromatic nitrogens is 1. The molecule has 0 atom stereocenters. The Morgan fingerprint density at radius 3 is 2.48 bits per heavy atom. The van der Waals surface area contributed by atoms with Gasteiger partial charge in [-0.2, -0.15) is 0 Å². The van der Waals surface area contributed by atoms with E-state index in [4.69, 9.17) is 0 Å². The fourth-order valence-electron chi connectivity index (χ4n) is 3.95. The molecule has 170 valence electrons. The molecular weight excluding hydrogens is 474 g/mol. The van der Waals surface area contributed by atoms with Crippen molar-refractivity contribution in [2.75, 3.05) is 23.1 Å². The van der Waals surface area contributed by atoms with Crippen LogP contribution in [0.3, 0.4) is 0 Å². The fourth-order valence-corrected chi connectivity index (χ4v) is 7.58. The van der Waals surface area contributed by atoms with E-state index in [1.165, 1.54) is 11.1 Å². The molecule has 5 rings (SSSR count). The van der Waals surface area contributed by atoms with Crippen LogP contribution in [0.5, 0.6) is 0 Å². The third kappa shape index (κ3) is 4.76. The summed E-state index contributed by atoms with van der Waals surface area (Å²) in [6, 6.07) is 14.1. The Morgan fingerprint density at radius 2 is 1.70 bits per heavy atom. The number of carbonyl (C=O) groups is 1. The number of carbonyl (C=O) groups excluding carboxylic acids is 1. The van der Waals surface area contributed by atoms with Gasteiger partial charge in [0.1, 0.15) is 0 Å². The highest BCUT2D eigenvalue weighted by Crippen LogP contribution is 2.41. The number of amides is 1. The highest BCUT2D eigenvalue weighted by Gasteiger charge is 2.21. The summed E-state index contributed by atoms with van der Waals surface area (Å²) in [7, 11) is -3.67. The highest BCUT2D eigenvalue weighted by atomic mass is 32.2. The number of thioether (sulfide) groups is 2. The molecule has 0 radical (unpaired) electrons. The van der Waals surface area contributed by atoms with Gasteiger partial charge in [0.15, 0.2) is 0 Å². The minimum atomic E-state index is -3.67. The van der Waals surface area contributed by atoms with E-state index in [-0.39, 0.29) is 15.7 Å². The molecule has 0 bridgehead atoms. The van der Waals surface area contributed by atoms with Crippen LogP contribution in [0.4, 0.5) is 5.69 Å². The molecule has 1 amide bonds. The molecule has 6 nitrogen and oxygen atoms in total. The second-order valence-corrected chi connectivity index (χ2v) is 12.3. The number of hydrogen-bond donors (Lipinski definition) is 1. The monoisotopic (exact) mass is 497 g/mol. The Morgan fingerprint density at radius 1 is 0.939 bits per heavy atom. The van der Waals surface area contributed by atoms with Crippen molar-refractivity contribution in [2.24, 2.45) is 0 Å². The van der Waals surface area contributed by atoms with Gasteiger partial charge in [0, 0.05) is 46.3 Å². The normalized spacial score (nSPS) is 15.5. The molecule has 0 aliphatic carbocycles. The van der Waals surface area contributed by atoms with Crippen LogP contribution in [0.25, 0.3) is 0 Å². The van der Waals surface area contributed by atoms with E-state index in [0.717, 1.165) is 47.2 Å². The number of hydrogen-bond acceptors (Lipinski definition) is 7. The SMILES string of the molecule is O=C(NCc1ccc(S(=O)(=O)c2cncc(N3CCCC3)c2)cc1)c1ccc2c(c1)SCS2. The maximum atomic E-state index is 13.1. The van der Waals surface area contributed by atoms with Crippen LogP contribution in [0.1, 0.15) is 28.8 Å². The molecule has 2 aromatic carbocycles. The summed E-state index contributed by atoms with van der Waals surface area (Å²) >= 11 is 3.53. The van der Waals surface area contributed by atoms with Crippen LogP contribution in [-0.2, 0) is 16.4 Å². The predicted octanol–water partition coefficient (Wildman–Crippen LogP) is 4.60. The summed E-state index contributed by atoms with van der Waals surface area (Å²) in [6.07, 6.45) is 5.34. The van der Waals surface area contributed by atoms with E-state index < -0.39 is 9.84 Å². The Balaban J connectivity index is 1.26. The van der Waals surface area contributed by atoms with E-state index >= 15 is 0 Å². The van der Waals surface area contributed by atoms with Gasteiger partial charge in [-0.3, -0.25) is 9.78 Å². The summed E-state index contributed by atoms with van der Waals surface area (Å²) in [5, 5.41) is 3.90. The second-order valence-electron chi connectivity index (χ2n) is 7.97. The minimum absolute atomic E-state index is 0.142. The van der Waals surface area contributed by atoms with Crippen LogP contribution in [0.2, 0.25) is 0 Å². The van der Waals surface area contributed by atoms with Gasteiger partial charge in [-0.15, -0.1) is 23.5 Å². The number of rotatable bonds is 6. The lowest BCUT2D eigenvalue weighted by Gasteiger charge is -2.17. The first-order valence-corrected chi connectivity index (χ1v) is 14.2. The van der Waals surface area contributed by atoms with Crippen molar-refractivity contribution in [1.29, 1.82) is 0 Å². The Hall–Kier alpha value is -2.49. The smallest absolute Gasteiger partial charge is 0.251 e. The molecular formula is C24H23N3O3S3. The van der Waals surface area contributed by atoms with E-state index in [9.17, 15) is 13.2 Å². The summed E-state index contributed by atoms with van der Waals surface area (Å²) in [4.78, 5) is 21.6. The van der Waals surface area contributed by atoms with Crippen LogP contribution in [-0.4, -0.2) is 37.5 Å². The van der Waals surface area contributed by atoms with Crippen molar-refractivity contribution in [3.63, 3.8) is 0 Å². The molecule has 3 heterocycles. The quantitative estimate of drug-likeness (QED) is 0.533. The molecule has 1 aromatic heterocycles. The zero-order chi connectivity index (χ0) is 22.8. The van der Waals surface area contributed by atoms with Gasteiger partial charge >= 0.3 is 0 Å². The lowest BCUT2D eigenvalue weighted by Crippen LogP contribution is -2.22. The second kappa shape index (κ2) is 9.40. The topological polar surface area (TPSA) is 79.4 Å². The summed E-state index contributed by atoms with van der Waals surface area (Å²) in [5.41, 5.74) is 2.31. The van der Waals surface area contributed by atoms with Crippen LogP contribution < -0.4 is 10.2 Å². The number of nitrogens with zero attached hydrogens (tertiary/aromatic N) is 2. The molecule has 3 aromatic rings. The van der Waals surface area contributed by atoms with Crippen molar-refractivity contribution in [1.82, 2.24) is 10.3 Å². The minimum Gasteiger partial charge on any atom is -0.370 e. The molecule has 2 aliphatic rings. The zero-order valence-corrected chi connectivity index (χ0v) is 20.3. The van der Waals surface area contributed by atoms with E-state index in [2.05, 4.69) is 15.2 Å². The van der Waals surface area contributed by atoms with Gasteiger partial charge in [-0.1, -0.05) is 12.1 Å². The van der Waals surface area contributed by atoms with Crippen molar-refractivity contribution < 1.29 is 13.2 Å². The number of sulfone groups is 1. The molecule has 1 fully saturated rings. The number of nitrogens with one attached hydrogen (secondary N) is 1. The van der Waals surface area contributed by atoms with Crippen molar-refractivity contribution in [3.05, 3.63) is 72.1 Å². The number of fused-ring (bicyclic) bond motifs is 1. The molecule has 0 unspecified atom stereocenters. The Bertz CT molecular complexity index is 1290. The Kier molecular flexibility index (Phi) is 6.36. The average molecular weight is 498 g/mol. The third-order valence-electron chi connectivity index (χ3n) is 5.80. The molecule has 9 heteroatoms. The van der Waals surface area contributed by atoms with Gasteiger partial charge in [0.05, 0.1) is 21.7 Å². The molecule has 1 N–H and O–H groups in total. The number of benzene rings is 2. The zero-order valence-electron chi connectivity index (χ0n) is 17.9. The van der Waals surface area contributed by atoms with Crippen LogP contribution >= 0.6 is 23.5 Å². The lowest BCUT2D eigenvalue weighted by molar-refractivity contribution is 0.0950. The largest absolute Gasteiger partial charge is 0.370 e. The van der Waals surface area contributed by atoms with E-state index in [0.29, 0.717) is 12.1 Å². The summed E-state index contributed by atoms with van der Waals surface area (Å²) in [5.74, 6) is -0.142. The molecule has 0 spiro atoms. The maximum Gasteiger partial charge on any atom is 0.251 e. The molecule has 33 heavy (non-hydrogen) atoms. The van der Waals surface area contributed by atoms with Gasteiger partial charge in [-0.05, 0) is 54.8 Å². The van der Waals surface area contributed by atoms with Crippen molar-refractivity contribution in [2.45, 2.75) is 39.0 Å². The Labute approximate surface area is 202 Å². The first kappa shape index (κ1) is 22.3. The lowest BCUT2D eigenvalue weighted by atomic mass is 10.2. The summed E-state index contributed by atoms with van der Waals surface area (Å²) < 4.78 is 26.2. The van der Waals surface area contributed by atoms with Crippen molar-refractivity contribution >= 4 is 45.0 Å². The number of pyridine rings is 1. The van der Waals surface area contributed by atoms with Crippen LogP contribution in [0.15, 0.2) is 80.5 Å². The molecule has 1 saturated heterocycles. The van der Waals surface area contributed by atoms with Gasteiger partial charge in [0.25, 0.3) is 5.91 Å². The highest BCUT2D eigenvalue weighted by molar-refractivity contribution is 8.18. The standard InChI is InChI=1S/C24H23N3O3S3/c28-24(18-5-8-22-23(11-18)32-16-31-22)26-13-17-3-6-20(7-4-17)33(29,30)21-12-19(14-25-15-21)27-9-1-2-10-27/h3-8,11-12,14-15H,1-2,9-10,13,16H2,(H,26,28). The molecule has 2 aliphatic heterocycles. The average Bonchev–Trinajstić information content (AvgIpc) is 3.55. The molecule has 0 saturated carbocycles. The van der Waals surface area contributed by atoms with E-state index in [1.54, 1.807) is 60.1 Å². The first-order valence-electron chi connectivity index (χ1n) is 10.7. The van der Waals surface area contributed by atoms with Gasteiger partial charge in [-0.25, -0.2) is 8.42 Å². The first-order chi connectivity index (χ1) is 16.0. The van der Waals surface area contributed by atoms with Crippen LogP contribution in [0, 0.1) is 0 Å². The van der Waals surface area contributed by atoms with Gasteiger partial charge in [0.2, 0.25) is 9.84 Å².